The number of amides is 1. The van der Waals surface area contributed by atoms with Crippen LogP contribution in [-0.2, 0) is 17.9 Å². The van der Waals surface area contributed by atoms with Gasteiger partial charge in [-0.25, -0.2) is 5.43 Å². The molecule has 6 nitrogen and oxygen atoms in total. The van der Waals surface area contributed by atoms with Crippen LogP contribution in [0.2, 0.25) is 0 Å². The Morgan fingerprint density at radius 1 is 1.21 bits per heavy atom. The number of nitrogens with one attached hydrogen (secondary N) is 1. The molecule has 0 saturated heterocycles. The molecule has 0 aliphatic heterocycles. The normalized spacial score (nSPS) is 11.0. The van der Waals surface area contributed by atoms with Crippen LogP contribution in [-0.4, -0.2) is 21.9 Å². The van der Waals surface area contributed by atoms with Crippen molar-refractivity contribution in [1.82, 2.24) is 15.2 Å². The first kappa shape index (κ1) is 19.8. The summed E-state index contributed by atoms with van der Waals surface area (Å²) in [5.41, 5.74) is 6.18. The molecule has 1 aromatic heterocycles. The lowest BCUT2D eigenvalue weighted by Crippen LogP contribution is -2.24. The van der Waals surface area contributed by atoms with Crippen molar-refractivity contribution in [3.8, 4) is 5.75 Å². The quantitative estimate of drug-likeness (QED) is 0.445. The van der Waals surface area contributed by atoms with Crippen LogP contribution in [0.3, 0.4) is 0 Å². The van der Waals surface area contributed by atoms with Crippen molar-refractivity contribution in [1.29, 1.82) is 0 Å². The molecule has 0 unspecified atom stereocenters. The highest BCUT2D eigenvalue weighted by atomic mass is 79.9. The molecule has 0 atom stereocenters. The number of rotatable bonds is 7. The summed E-state index contributed by atoms with van der Waals surface area (Å²) in [6.45, 7) is 4.37. The van der Waals surface area contributed by atoms with Crippen LogP contribution in [0.25, 0.3) is 0 Å². The van der Waals surface area contributed by atoms with E-state index in [-0.39, 0.29) is 12.5 Å². The van der Waals surface area contributed by atoms with E-state index in [9.17, 15) is 4.79 Å². The Kier molecular flexibility index (Phi) is 6.60. The van der Waals surface area contributed by atoms with Gasteiger partial charge in [-0.2, -0.15) is 10.2 Å². The predicted octanol–water partition coefficient (Wildman–Crippen LogP) is 3.99. The summed E-state index contributed by atoms with van der Waals surface area (Å²) >= 11 is 3.46. The minimum atomic E-state index is -0.241. The molecule has 1 heterocycles. The summed E-state index contributed by atoms with van der Waals surface area (Å²) in [6, 6.07) is 17.4. The summed E-state index contributed by atoms with van der Waals surface area (Å²) in [7, 11) is 0. The van der Waals surface area contributed by atoms with E-state index in [0.717, 1.165) is 27.0 Å². The third-order valence-electron chi connectivity index (χ3n) is 3.99. The lowest BCUT2D eigenvalue weighted by molar-refractivity contribution is -0.121. The number of aromatic nitrogens is 2. The van der Waals surface area contributed by atoms with Crippen LogP contribution < -0.4 is 10.2 Å². The van der Waals surface area contributed by atoms with Gasteiger partial charge in [0.25, 0.3) is 5.91 Å². The number of hydrogen-bond donors (Lipinski definition) is 1. The average molecular weight is 441 g/mol. The van der Waals surface area contributed by atoms with Gasteiger partial charge in [0.05, 0.1) is 11.9 Å². The lowest BCUT2D eigenvalue weighted by Gasteiger charge is -2.09. The number of para-hydroxylation sites is 1. The summed E-state index contributed by atoms with van der Waals surface area (Å²) in [6.07, 6.45) is 1.58. The van der Waals surface area contributed by atoms with Gasteiger partial charge < -0.3 is 4.74 Å². The largest absolute Gasteiger partial charge is 0.488 e. The first-order valence-electron chi connectivity index (χ1n) is 8.80. The van der Waals surface area contributed by atoms with Gasteiger partial charge in [0.1, 0.15) is 18.9 Å². The predicted molar refractivity (Wildman–Crippen MR) is 112 cm³/mol. The third-order valence-corrected chi connectivity index (χ3v) is 4.49. The Hall–Kier alpha value is -2.93. The first-order chi connectivity index (χ1) is 13.5. The van der Waals surface area contributed by atoms with Crippen molar-refractivity contribution in [3.05, 3.63) is 81.6 Å². The fourth-order valence-electron chi connectivity index (χ4n) is 2.69. The zero-order valence-electron chi connectivity index (χ0n) is 15.7. The number of ether oxygens (including phenoxy) is 1. The molecule has 1 N–H and O–H groups in total. The van der Waals surface area contributed by atoms with Gasteiger partial charge in [-0.15, -0.1) is 0 Å². The third kappa shape index (κ3) is 5.53. The van der Waals surface area contributed by atoms with Crippen molar-refractivity contribution < 1.29 is 9.53 Å². The fourth-order valence-corrected chi connectivity index (χ4v) is 3.13. The van der Waals surface area contributed by atoms with Crippen LogP contribution in [0.15, 0.2) is 64.2 Å². The molecule has 0 aliphatic rings. The number of halogens is 1. The Morgan fingerprint density at radius 2 is 2.04 bits per heavy atom. The average Bonchev–Trinajstić information content (AvgIpc) is 2.98. The summed E-state index contributed by atoms with van der Waals surface area (Å²) < 4.78 is 8.57. The first-order valence-corrected chi connectivity index (χ1v) is 9.60. The zero-order chi connectivity index (χ0) is 19.9. The Morgan fingerprint density at radius 3 is 2.79 bits per heavy atom. The van der Waals surface area contributed by atoms with Crippen LogP contribution in [0, 0.1) is 13.8 Å². The molecule has 0 spiro atoms. The molecule has 0 bridgehead atoms. The van der Waals surface area contributed by atoms with Crippen molar-refractivity contribution >= 4 is 28.1 Å². The Labute approximate surface area is 172 Å². The molecular formula is C21H21BrN4O2. The zero-order valence-corrected chi connectivity index (χ0v) is 17.3. The molecule has 144 valence electrons. The maximum atomic E-state index is 12.1. The van der Waals surface area contributed by atoms with E-state index in [4.69, 9.17) is 4.74 Å². The van der Waals surface area contributed by atoms with Crippen LogP contribution in [0.5, 0.6) is 5.75 Å². The smallest absolute Gasteiger partial charge is 0.261 e. The number of aryl methyl sites for hydroxylation is 2. The van der Waals surface area contributed by atoms with E-state index in [1.54, 1.807) is 10.9 Å². The number of carbonyl (C=O) groups is 1. The molecule has 3 rings (SSSR count). The number of carbonyl (C=O) groups excluding carboxylic acids is 1. The Bertz CT molecular complexity index is 998. The van der Waals surface area contributed by atoms with Crippen molar-refractivity contribution in [2.45, 2.75) is 27.0 Å². The highest BCUT2D eigenvalue weighted by Gasteiger charge is 2.06. The van der Waals surface area contributed by atoms with Crippen LogP contribution in [0.1, 0.15) is 22.5 Å². The van der Waals surface area contributed by atoms with E-state index in [1.165, 1.54) is 0 Å². The minimum Gasteiger partial charge on any atom is -0.488 e. The van der Waals surface area contributed by atoms with Gasteiger partial charge in [0.15, 0.2) is 0 Å². The van der Waals surface area contributed by atoms with Crippen LogP contribution in [0.4, 0.5) is 0 Å². The van der Waals surface area contributed by atoms with Gasteiger partial charge in [-0.1, -0.05) is 40.2 Å². The second kappa shape index (κ2) is 9.32. The van der Waals surface area contributed by atoms with E-state index in [2.05, 4.69) is 31.6 Å². The molecule has 0 aliphatic carbocycles. The minimum absolute atomic E-state index is 0.123. The molecule has 2 aromatic carbocycles. The van der Waals surface area contributed by atoms with Gasteiger partial charge in [-0.05, 0) is 49.7 Å². The summed E-state index contributed by atoms with van der Waals surface area (Å²) in [5.74, 6) is 0.453. The molecule has 0 fully saturated rings. The molecular weight excluding hydrogens is 420 g/mol. The highest BCUT2D eigenvalue weighted by Crippen LogP contribution is 2.19. The molecule has 3 aromatic rings. The number of hydrazone groups is 1. The second-order valence-electron chi connectivity index (χ2n) is 6.33. The van der Waals surface area contributed by atoms with E-state index >= 15 is 0 Å². The maximum absolute atomic E-state index is 12.1. The van der Waals surface area contributed by atoms with Gasteiger partial charge in [0, 0.05) is 15.7 Å². The number of nitrogens with zero attached hydrogens (tertiary/aromatic N) is 3. The van der Waals surface area contributed by atoms with E-state index < -0.39 is 0 Å². The molecule has 0 saturated carbocycles. The highest BCUT2D eigenvalue weighted by molar-refractivity contribution is 9.10. The summed E-state index contributed by atoms with van der Waals surface area (Å²) in [4.78, 5) is 12.1. The number of hydrogen-bond acceptors (Lipinski definition) is 4. The maximum Gasteiger partial charge on any atom is 0.261 e. The van der Waals surface area contributed by atoms with Gasteiger partial charge in [-0.3, -0.25) is 9.48 Å². The van der Waals surface area contributed by atoms with Crippen molar-refractivity contribution in [2.24, 2.45) is 5.10 Å². The molecule has 0 radical (unpaired) electrons. The standard InChI is InChI=1S/C21H21BrN4O2/c1-15-10-16(2)26(25-15)13-21(27)24-23-12-18-7-3-4-9-20(18)28-14-17-6-5-8-19(22)11-17/h3-12H,13-14H2,1-2H3,(H,24,27). The SMILES string of the molecule is Cc1cc(C)n(CC(=O)NN=Cc2ccccc2OCc2cccc(Br)c2)n1. The topological polar surface area (TPSA) is 68.5 Å². The fraction of sp³-hybridized carbons (Fsp3) is 0.190. The van der Waals surface area contributed by atoms with Crippen LogP contribution >= 0.6 is 15.9 Å². The summed E-state index contributed by atoms with van der Waals surface area (Å²) in [5, 5.41) is 8.32. The second-order valence-corrected chi connectivity index (χ2v) is 7.25. The number of benzene rings is 2. The molecule has 28 heavy (non-hydrogen) atoms. The van der Waals surface area contributed by atoms with Gasteiger partial charge in [0.2, 0.25) is 0 Å². The molecule has 1 amide bonds. The molecule has 7 heteroatoms. The van der Waals surface area contributed by atoms with Crippen molar-refractivity contribution in [2.75, 3.05) is 0 Å². The van der Waals surface area contributed by atoms with E-state index in [0.29, 0.717) is 12.4 Å². The monoisotopic (exact) mass is 440 g/mol. The van der Waals surface area contributed by atoms with Gasteiger partial charge >= 0.3 is 0 Å². The van der Waals surface area contributed by atoms with E-state index in [1.807, 2.05) is 68.4 Å². The van der Waals surface area contributed by atoms with Crippen molar-refractivity contribution in [3.63, 3.8) is 0 Å². The Balaban J connectivity index is 1.59. The lowest BCUT2D eigenvalue weighted by atomic mass is 10.2.